The molecular weight excluding hydrogens is 158 g/mol. The number of hydrogen-bond acceptors (Lipinski definition) is 3. The van der Waals surface area contributed by atoms with Crippen molar-refractivity contribution in [1.29, 1.82) is 0 Å². The van der Waals surface area contributed by atoms with Crippen LogP contribution in [0.1, 0.15) is 0 Å². The van der Waals surface area contributed by atoms with E-state index in [9.17, 15) is 9.59 Å². The van der Waals surface area contributed by atoms with Gasteiger partial charge in [-0.3, -0.25) is 9.59 Å². The Morgan fingerprint density at radius 3 is 2.67 bits per heavy atom. The Labute approximate surface area is 70.9 Å². The van der Waals surface area contributed by atoms with Crippen molar-refractivity contribution in [1.82, 2.24) is 5.32 Å². The minimum absolute atomic E-state index is 0.208. The van der Waals surface area contributed by atoms with Crippen LogP contribution in [0.25, 0.3) is 0 Å². The van der Waals surface area contributed by atoms with Gasteiger partial charge in [0.05, 0.1) is 0 Å². The highest BCUT2D eigenvalue weighted by molar-refractivity contribution is 5.83. The smallest absolute Gasteiger partial charge is 0.294 e. The molecule has 1 N–H and O–H groups in total. The van der Waals surface area contributed by atoms with E-state index in [1.165, 1.54) is 12.2 Å². The summed E-state index contributed by atoms with van der Waals surface area (Å²) >= 11 is 0. The van der Waals surface area contributed by atoms with Gasteiger partial charge in [0.1, 0.15) is 0 Å². The first kappa shape index (κ1) is 10.4. The van der Waals surface area contributed by atoms with Gasteiger partial charge in [-0.05, 0) is 6.08 Å². The molecule has 1 amide bonds. The van der Waals surface area contributed by atoms with Crippen LogP contribution in [0.15, 0.2) is 25.3 Å². The molecule has 0 aromatic rings. The number of nitrogens with one attached hydrogen (secondary N) is 1. The lowest BCUT2D eigenvalue weighted by Gasteiger charge is -2.08. The van der Waals surface area contributed by atoms with Gasteiger partial charge in [-0.15, -0.1) is 6.58 Å². The van der Waals surface area contributed by atoms with Crippen LogP contribution in [-0.2, 0) is 14.3 Å². The van der Waals surface area contributed by atoms with Crippen LogP contribution in [0.4, 0.5) is 0 Å². The summed E-state index contributed by atoms with van der Waals surface area (Å²) in [6.45, 7) is 7.30. The summed E-state index contributed by atoms with van der Waals surface area (Å²) < 4.78 is 4.41. The standard InChI is InChI=1S/C8H11NO3/c1-3-5-9-8(11)7(4-2)12-6-10/h3-4,6-7H,1-2,5H2,(H,9,11). The molecule has 0 fully saturated rings. The van der Waals surface area contributed by atoms with Gasteiger partial charge in [-0.2, -0.15) is 0 Å². The predicted molar refractivity (Wildman–Crippen MR) is 44.3 cm³/mol. The average Bonchev–Trinajstić information content (AvgIpc) is 2.10. The summed E-state index contributed by atoms with van der Waals surface area (Å²) in [7, 11) is 0. The molecule has 0 saturated heterocycles. The number of carbonyl (C=O) groups is 2. The van der Waals surface area contributed by atoms with Gasteiger partial charge in [0, 0.05) is 6.54 Å². The second-order valence-electron chi connectivity index (χ2n) is 1.92. The molecule has 0 heterocycles. The Morgan fingerprint density at radius 2 is 2.25 bits per heavy atom. The molecule has 0 rings (SSSR count). The highest BCUT2D eigenvalue weighted by atomic mass is 16.5. The Hall–Kier alpha value is -1.58. The van der Waals surface area contributed by atoms with Crippen LogP contribution < -0.4 is 5.32 Å². The fourth-order valence-electron chi connectivity index (χ4n) is 0.558. The summed E-state index contributed by atoms with van der Waals surface area (Å²) in [6, 6.07) is 0. The molecule has 0 aliphatic heterocycles. The summed E-state index contributed by atoms with van der Waals surface area (Å²) in [4.78, 5) is 20.9. The predicted octanol–water partition coefficient (Wildman–Crippen LogP) is 0.0162. The quantitative estimate of drug-likeness (QED) is 0.450. The van der Waals surface area contributed by atoms with Crippen molar-refractivity contribution >= 4 is 12.4 Å². The van der Waals surface area contributed by atoms with Gasteiger partial charge < -0.3 is 10.1 Å². The van der Waals surface area contributed by atoms with Crippen LogP contribution in [0, 0.1) is 0 Å². The number of ether oxygens (including phenoxy) is 1. The van der Waals surface area contributed by atoms with Crippen molar-refractivity contribution in [2.45, 2.75) is 6.10 Å². The van der Waals surface area contributed by atoms with Gasteiger partial charge >= 0.3 is 0 Å². The van der Waals surface area contributed by atoms with E-state index in [2.05, 4.69) is 23.2 Å². The van der Waals surface area contributed by atoms with E-state index in [4.69, 9.17) is 0 Å². The molecule has 0 aromatic carbocycles. The molecule has 0 bridgehead atoms. The van der Waals surface area contributed by atoms with Gasteiger partial charge in [0.2, 0.25) is 0 Å². The maximum Gasteiger partial charge on any atom is 0.294 e. The minimum Gasteiger partial charge on any atom is -0.450 e. The molecule has 1 unspecified atom stereocenters. The number of hydrogen-bond donors (Lipinski definition) is 1. The molecule has 4 nitrogen and oxygen atoms in total. The summed E-state index contributed by atoms with van der Waals surface area (Å²) in [5, 5.41) is 2.46. The number of amides is 1. The molecule has 0 aromatic heterocycles. The van der Waals surface area contributed by atoms with Crippen LogP contribution in [0.3, 0.4) is 0 Å². The van der Waals surface area contributed by atoms with Crippen molar-refractivity contribution in [3.05, 3.63) is 25.3 Å². The third kappa shape index (κ3) is 3.55. The monoisotopic (exact) mass is 169 g/mol. The zero-order valence-corrected chi connectivity index (χ0v) is 6.66. The van der Waals surface area contributed by atoms with Crippen molar-refractivity contribution in [3.63, 3.8) is 0 Å². The number of rotatable bonds is 6. The SMILES string of the molecule is C=CCNC(=O)C(C=C)OC=O. The van der Waals surface area contributed by atoms with E-state index in [0.717, 1.165) is 0 Å². The highest BCUT2D eigenvalue weighted by Crippen LogP contribution is 1.90. The molecule has 12 heavy (non-hydrogen) atoms. The third-order valence-electron chi connectivity index (χ3n) is 1.10. The normalized spacial score (nSPS) is 11.0. The molecule has 0 saturated carbocycles. The van der Waals surface area contributed by atoms with Crippen LogP contribution in [0.5, 0.6) is 0 Å². The molecule has 4 heteroatoms. The molecule has 0 spiro atoms. The molecule has 0 aliphatic carbocycles. The second-order valence-corrected chi connectivity index (χ2v) is 1.92. The maximum atomic E-state index is 11.0. The molecule has 1 atom stereocenters. The van der Waals surface area contributed by atoms with E-state index in [1.54, 1.807) is 0 Å². The third-order valence-corrected chi connectivity index (χ3v) is 1.10. The Balaban J connectivity index is 3.92. The van der Waals surface area contributed by atoms with Crippen LogP contribution in [-0.4, -0.2) is 25.0 Å². The molecular formula is C8H11NO3. The van der Waals surface area contributed by atoms with E-state index >= 15 is 0 Å². The summed E-state index contributed by atoms with van der Waals surface area (Å²) in [5.41, 5.74) is 0. The Bertz CT molecular complexity index is 189. The first-order valence-corrected chi connectivity index (χ1v) is 3.36. The fourth-order valence-corrected chi connectivity index (χ4v) is 0.558. The lowest BCUT2D eigenvalue weighted by Crippen LogP contribution is -2.34. The zero-order chi connectivity index (χ0) is 9.40. The van der Waals surface area contributed by atoms with Crippen molar-refractivity contribution in [3.8, 4) is 0 Å². The highest BCUT2D eigenvalue weighted by Gasteiger charge is 2.13. The largest absolute Gasteiger partial charge is 0.450 e. The average molecular weight is 169 g/mol. The van der Waals surface area contributed by atoms with Gasteiger partial charge in [-0.1, -0.05) is 12.7 Å². The van der Waals surface area contributed by atoms with Gasteiger partial charge in [0.25, 0.3) is 12.4 Å². The summed E-state index contributed by atoms with van der Waals surface area (Å²) in [5.74, 6) is -0.406. The summed E-state index contributed by atoms with van der Waals surface area (Å²) in [6.07, 6.45) is 1.86. The topological polar surface area (TPSA) is 55.4 Å². The van der Waals surface area contributed by atoms with E-state index in [0.29, 0.717) is 6.54 Å². The molecule has 0 radical (unpaired) electrons. The van der Waals surface area contributed by atoms with Crippen molar-refractivity contribution in [2.75, 3.05) is 6.54 Å². The Kier molecular flexibility index (Phi) is 5.34. The number of carbonyl (C=O) groups excluding carboxylic acids is 2. The lowest BCUT2D eigenvalue weighted by molar-refractivity contribution is -0.141. The lowest BCUT2D eigenvalue weighted by atomic mass is 10.3. The molecule has 66 valence electrons. The first-order valence-electron chi connectivity index (χ1n) is 3.36. The minimum atomic E-state index is -0.914. The van der Waals surface area contributed by atoms with Crippen molar-refractivity contribution in [2.24, 2.45) is 0 Å². The fraction of sp³-hybridized carbons (Fsp3) is 0.250. The second kappa shape index (κ2) is 6.15. The van der Waals surface area contributed by atoms with E-state index in [-0.39, 0.29) is 6.47 Å². The Morgan fingerprint density at radius 1 is 1.58 bits per heavy atom. The molecule has 0 aliphatic rings. The van der Waals surface area contributed by atoms with Gasteiger partial charge in [0.15, 0.2) is 6.10 Å². The van der Waals surface area contributed by atoms with E-state index < -0.39 is 12.0 Å². The van der Waals surface area contributed by atoms with Crippen LogP contribution in [0.2, 0.25) is 0 Å². The zero-order valence-electron chi connectivity index (χ0n) is 6.66. The van der Waals surface area contributed by atoms with E-state index in [1.807, 2.05) is 0 Å². The van der Waals surface area contributed by atoms with Crippen LogP contribution >= 0.6 is 0 Å². The maximum absolute atomic E-state index is 11.0. The first-order chi connectivity index (χ1) is 5.76. The van der Waals surface area contributed by atoms with Crippen molar-refractivity contribution < 1.29 is 14.3 Å². The van der Waals surface area contributed by atoms with Gasteiger partial charge in [-0.25, -0.2) is 0 Å².